The minimum Gasteiger partial charge on any atom is -0.378 e. The molecule has 4 atom stereocenters. The number of urea groups is 1. The SMILES string of the molecule is CN(CC(O)O)C(O)CCCCC1SCC2NC(=O)NC21. The van der Waals surface area contributed by atoms with E-state index in [0.717, 1.165) is 25.0 Å². The van der Waals surface area contributed by atoms with Crippen molar-refractivity contribution in [2.45, 2.75) is 55.5 Å². The van der Waals surface area contributed by atoms with E-state index in [4.69, 9.17) is 10.2 Å². The van der Waals surface area contributed by atoms with Gasteiger partial charge in [0.25, 0.3) is 0 Å². The first-order valence-corrected chi connectivity index (χ1v) is 8.45. The Morgan fingerprint density at radius 1 is 1.33 bits per heavy atom. The lowest BCUT2D eigenvalue weighted by Gasteiger charge is -2.24. The van der Waals surface area contributed by atoms with Crippen LogP contribution in [-0.4, -0.2) is 75.4 Å². The lowest BCUT2D eigenvalue weighted by atomic mass is 10.0. The minimum atomic E-state index is -1.42. The molecule has 2 aliphatic rings. The van der Waals surface area contributed by atoms with E-state index in [1.54, 1.807) is 7.05 Å². The van der Waals surface area contributed by atoms with E-state index in [1.807, 2.05) is 11.8 Å². The summed E-state index contributed by atoms with van der Waals surface area (Å²) in [6.07, 6.45) is 1.43. The van der Waals surface area contributed by atoms with Crippen molar-refractivity contribution >= 4 is 17.8 Å². The van der Waals surface area contributed by atoms with Crippen molar-refractivity contribution in [3.63, 3.8) is 0 Å². The number of carbonyl (C=O) groups is 1. The van der Waals surface area contributed by atoms with Gasteiger partial charge in [-0.05, 0) is 26.3 Å². The first-order valence-electron chi connectivity index (χ1n) is 7.40. The van der Waals surface area contributed by atoms with Gasteiger partial charge in [0.2, 0.25) is 0 Å². The second kappa shape index (κ2) is 7.64. The molecule has 4 unspecified atom stereocenters. The number of thioether (sulfide) groups is 1. The van der Waals surface area contributed by atoms with E-state index in [-0.39, 0.29) is 24.7 Å². The van der Waals surface area contributed by atoms with Gasteiger partial charge in [-0.1, -0.05) is 6.42 Å². The van der Waals surface area contributed by atoms with Crippen molar-refractivity contribution in [1.82, 2.24) is 15.5 Å². The molecular weight excluding hydrogens is 294 g/mol. The molecule has 2 amide bonds. The van der Waals surface area contributed by atoms with Gasteiger partial charge < -0.3 is 26.0 Å². The fraction of sp³-hybridized carbons (Fsp3) is 0.923. The third-order valence-electron chi connectivity index (χ3n) is 4.10. The predicted octanol–water partition coefficient (Wildman–Crippen LogP) is -0.727. The van der Waals surface area contributed by atoms with Crippen molar-refractivity contribution in [2.24, 2.45) is 0 Å². The monoisotopic (exact) mass is 319 g/mol. The van der Waals surface area contributed by atoms with Gasteiger partial charge in [0.1, 0.15) is 6.23 Å². The van der Waals surface area contributed by atoms with Gasteiger partial charge in [0, 0.05) is 11.0 Å². The van der Waals surface area contributed by atoms with Gasteiger partial charge in [0.15, 0.2) is 6.29 Å². The highest BCUT2D eigenvalue weighted by Crippen LogP contribution is 2.33. The fourth-order valence-electron chi connectivity index (χ4n) is 2.92. The van der Waals surface area contributed by atoms with Crippen LogP contribution in [0.15, 0.2) is 0 Å². The van der Waals surface area contributed by atoms with E-state index < -0.39 is 12.5 Å². The summed E-state index contributed by atoms with van der Waals surface area (Å²) in [7, 11) is 1.67. The Balaban J connectivity index is 1.61. The highest BCUT2D eigenvalue weighted by Gasteiger charge is 2.42. The molecule has 2 fully saturated rings. The van der Waals surface area contributed by atoms with Crippen molar-refractivity contribution < 1.29 is 20.1 Å². The van der Waals surface area contributed by atoms with Crippen molar-refractivity contribution in [1.29, 1.82) is 0 Å². The molecule has 21 heavy (non-hydrogen) atoms. The quantitative estimate of drug-likeness (QED) is 0.230. The summed E-state index contributed by atoms with van der Waals surface area (Å²) in [5.41, 5.74) is 0. The van der Waals surface area contributed by atoms with Crippen LogP contribution in [0.4, 0.5) is 4.79 Å². The number of aliphatic hydroxyl groups is 3. The van der Waals surface area contributed by atoms with E-state index >= 15 is 0 Å². The Hall–Kier alpha value is -0.540. The Morgan fingerprint density at radius 3 is 2.81 bits per heavy atom. The van der Waals surface area contributed by atoms with Crippen LogP contribution >= 0.6 is 11.8 Å². The zero-order valence-corrected chi connectivity index (χ0v) is 13.1. The molecule has 0 aliphatic carbocycles. The first kappa shape index (κ1) is 16.8. The number of aliphatic hydroxyl groups excluding tert-OH is 2. The highest BCUT2D eigenvalue weighted by atomic mass is 32.2. The van der Waals surface area contributed by atoms with E-state index in [2.05, 4.69) is 10.6 Å². The zero-order chi connectivity index (χ0) is 15.4. The lowest BCUT2D eigenvalue weighted by Crippen LogP contribution is -2.37. The first-order chi connectivity index (χ1) is 9.97. The summed E-state index contributed by atoms with van der Waals surface area (Å²) in [5.74, 6) is 0.966. The molecule has 2 aliphatic heterocycles. The van der Waals surface area contributed by atoms with Crippen LogP contribution < -0.4 is 10.6 Å². The molecule has 0 bridgehead atoms. The van der Waals surface area contributed by atoms with Crippen LogP contribution in [0.3, 0.4) is 0 Å². The molecule has 0 radical (unpaired) electrons. The van der Waals surface area contributed by atoms with Gasteiger partial charge in [-0.25, -0.2) is 4.79 Å². The lowest BCUT2D eigenvalue weighted by molar-refractivity contribution is -0.0905. The number of likely N-dealkylation sites (N-methyl/N-ethyl adjacent to an activating group) is 1. The maximum absolute atomic E-state index is 11.3. The van der Waals surface area contributed by atoms with E-state index in [1.165, 1.54) is 4.90 Å². The Labute approximate surface area is 129 Å². The third kappa shape index (κ3) is 4.72. The molecule has 122 valence electrons. The Bertz CT molecular complexity index is 358. The number of unbranched alkanes of at least 4 members (excludes halogenated alkanes) is 1. The second-order valence-corrected chi connectivity index (χ2v) is 7.08. The molecule has 0 aromatic carbocycles. The number of fused-ring (bicyclic) bond motifs is 1. The van der Waals surface area contributed by atoms with Gasteiger partial charge >= 0.3 is 6.03 Å². The molecule has 0 aromatic heterocycles. The second-order valence-electron chi connectivity index (χ2n) is 5.81. The summed E-state index contributed by atoms with van der Waals surface area (Å²) < 4.78 is 0. The Kier molecular flexibility index (Phi) is 6.12. The maximum Gasteiger partial charge on any atom is 0.315 e. The number of nitrogens with zero attached hydrogens (tertiary/aromatic N) is 1. The molecule has 7 nitrogen and oxygen atoms in total. The number of hydrogen-bond acceptors (Lipinski definition) is 6. The molecule has 5 N–H and O–H groups in total. The summed E-state index contributed by atoms with van der Waals surface area (Å²) in [5, 5.41) is 33.9. The van der Waals surface area contributed by atoms with Gasteiger partial charge in [-0.2, -0.15) is 11.8 Å². The molecule has 2 rings (SSSR count). The van der Waals surface area contributed by atoms with Gasteiger partial charge in [0.05, 0.1) is 18.6 Å². The molecule has 0 aromatic rings. The fourth-order valence-corrected chi connectivity index (χ4v) is 4.46. The normalized spacial score (nSPS) is 29.6. The van der Waals surface area contributed by atoms with Crippen molar-refractivity contribution in [3.8, 4) is 0 Å². The van der Waals surface area contributed by atoms with Crippen LogP contribution in [-0.2, 0) is 0 Å². The van der Waals surface area contributed by atoms with Crippen molar-refractivity contribution in [3.05, 3.63) is 0 Å². The standard InChI is InChI=1S/C13H25N3O4S/c1-16(6-11(18)19)10(17)5-3-2-4-9-12-8(7-21-9)14-13(20)15-12/h8-12,17-19H,2-7H2,1H3,(H2,14,15,20). The number of carbonyl (C=O) groups excluding carboxylic acids is 1. The van der Waals surface area contributed by atoms with Gasteiger partial charge in [-0.15, -0.1) is 0 Å². The van der Waals surface area contributed by atoms with Crippen LogP contribution in [0.5, 0.6) is 0 Å². The minimum absolute atomic E-state index is 0.0428. The van der Waals surface area contributed by atoms with Gasteiger partial charge in [-0.3, -0.25) is 4.90 Å². The topological polar surface area (TPSA) is 105 Å². The predicted molar refractivity (Wildman–Crippen MR) is 80.8 cm³/mol. The molecular formula is C13H25N3O4S. The largest absolute Gasteiger partial charge is 0.378 e. The number of nitrogens with one attached hydrogen (secondary N) is 2. The maximum atomic E-state index is 11.3. The summed E-state index contributed by atoms with van der Waals surface area (Å²) in [6, 6.07) is 0.435. The average Bonchev–Trinajstić information content (AvgIpc) is 2.93. The van der Waals surface area contributed by atoms with Crippen LogP contribution in [0.25, 0.3) is 0 Å². The molecule has 8 heteroatoms. The molecule has 2 heterocycles. The summed E-state index contributed by atoms with van der Waals surface area (Å²) in [4.78, 5) is 12.8. The van der Waals surface area contributed by atoms with Crippen LogP contribution in [0.2, 0.25) is 0 Å². The Morgan fingerprint density at radius 2 is 2.10 bits per heavy atom. The van der Waals surface area contributed by atoms with E-state index in [0.29, 0.717) is 11.7 Å². The van der Waals surface area contributed by atoms with Crippen molar-refractivity contribution in [2.75, 3.05) is 19.3 Å². The highest BCUT2D eigenvalue weighted by molar-refractivity contribution is 8.00. The smallest absolute Gasteiger partial charge is 0.315 e. The summed E-state index contributed by atoms with van der Waals surface area (Å²) >= 11 is 1.89. The van der Waals surface area contributed by atoms with Crippen LogP contribution in [0, 0.1) is 0 Å². The third-order valence-corrected chi connectivity index (χ3v) is 5.61. The number of hydrogen-bond donors (Lipinski definition) is 5. The molecule has 0 saturated carbocycles. The average molecular weight is 319 g/mol. The zero-order valence-electron chi connectivity index (χ0n) is 12.2. The molecule has 2 saturated heterocycles. The van der Waals surface area contributed by atoms with E-state index in [9.17, 15) is 9.90 Å². The van der Waals surface area contributed by atoms with Crippen LogP contribution in [0.1, 0.15) is 25.7 Å². The number of rotatable bonds is 8. The molecule has 0 spiro atoms. The number of amides is 2. The summed E-state index contributed by atoms with van der Waals surface area (Å²) in [6.45, 7) is 0.0428.